The summed E-state index contributed by atoms with van der Waals surface area (Å²) in [5, 5.41) is 20.3. The second kappa shape index (κ2) is 6.75. The van der Waals surface area contributed by atoms with Crippen molar-refractivity contribution in [3.8, 4) is 0 Å². The lowest BCUT2D eigenvalue weighted by atomic mass is 9.77. The summed E-state index contributed by atoms with van der Waals surface area (Å²) in [6, 6.07) is 11.0. The molecule has 0 aromatic heterocycles. The molecule has 2 aromatic rings. The molecule has 0 saturated carbocycles. The van der Waals surface area contributed by atoms with Gasteiger partial charge in [-0.3, -0.25) is 0 Å². The van der Waals surface area contributed by atoms with Crippen LogP contribution in [0.5, 0.6) is 0 Å². The summed E-state index contributed by atoms with van der Waals surface area (Å²) in [4.78, 5) is 0. The molecule has 0 aliphatic rings. The monoisotopic (exact) mass is 328 g/mol. The molecule has 0 saturated heterocycles. The highest BCUT2D eigenvalue weighted by atomic mass is 35.5. The van der Waals surface area contributed by atoms with Crippen LogP contribution in [-0.2, 0) is 11.8 Å². The number of aliphatic hydroxyl groups excluding tert-OH is 2. The summed E-state index contributed by atoms with van der Waals surface area (Å²) in [7, 11) is 0. The van der Waals surface area contributed by atoms with Gasteiger partial charge in [0.25, 0.3) is 0 Å². The van der Waals surface area contributed by atoms with E-state index in [0.717, 1.165) is 0 Å². The van der Waals surface area contributed by atoms with E-state index in [1.165, 1.54) is 12.1 Å². The Labute approximate surface area is 132 Å². The lowest BCUT2D eigenvalue weighted by Gasteiger charge is -2.31. The van der Waals surface area contributed by atoms with Crippen LogP contribution < -0.4 is 0 Å². The molecule has 0 aliphatic heterocycles. The SMILES string of the molecule is OCC(CO)(Cc1cccc(Cl)c1Cl)c1cccc(F)c1. The topological polar surface area (TPSA) is 40.5 Å². The second-order valence-electron chi connectivity index (χ2n) is 5.00. The van der Waals surface area contributed by atoms with Crippen LogP contribution in [0, 0.1) is 5.82 Å². The maximum atomic E-state index is 13.4. The third-order valence-corrected chi connectivity index (χ3v) is 4.46. The van der Waals surface area contributed by atoms with Crippen molar-refractivity contribution in [2.24, 2.45) is 0 Å². The number of rotatable bonds is 5. The first kappa shape index (κ1) is 16.2. The van der Waals surface area contributed by atoms with E-state index in [-0.39, 0.29) is 19.6 Å². The van der Waals surface area contributed by atoms with Crippen LogP contribution in [-0.4, -0.2) is 23.4 Å². The molecule has 2 nitrogen and oxygen atoms in total. The van der Waals surface area contributed by atoms with Gasteiger partial charge in [0.15, 0.2) is 0 Å². The molecule has 0 bridgehead atoms. The van der Waals surface area contributed by atoms with Crippen molar-refractivity contribution < 1.29 is 14.6 Å². The Morgan fingerprint density at radius 3 is 2.29 bits per heavy atom. The first-order valence-corrected chi connectivity index (χ1v) is 7.18. The minimum atomic E-state index is -1.02. The Hall–Kier alpha value is -1.13. The summed E-state index contributed by atoms with van der Waals surface area (Å²) in [6.07, 6.45) is 0.253. The van der Waals surface area contributed by atoms with Crippen molar-refractivity contribution in [1.82, 2.24) is 0 Å². The van der Waals surface area contributed by atoms with Crippen molar-refractivity contribution in [1.29, 1.82) is 0 Å². The van der Waals surface area contributed by atoms with E-state index in [4.69, 9.17) is 23.2 Å². The summed E-state index contributed by atoms with van der Waals surface area (Å²) in [5.74, 6) is -0.420. The first-order chi connectivity index (χ1) is 10.0. The van der Waals surface area contributed by atoms with Gasteiger partial charge < -0.3 is 10.2 Å². The van der Waals surface area contributed by atoms with Gasteiger partial charge in [-0.05, 0) is 35.7 Å². The molecule has 0 atom stereocenters. The van der Waals surface area contributed by atoms with Crippen LogP contribution in [0.15, 0.2) is 42.5 Å². The molecule has 112 valence electrons. The van der Waals surface area contributed by atoms with Gasteiger partial charge in [-0.2, -0.15) is 0 Å². The Balaban J connectivity index is 2.45. The van der Waals surface area contributed by atoms with Crippen LogP contribution in [0.3, 0.4) is 0 Å². The Morgan fingerprint density at radius 2 is 1.67 bits per heavy atom. The molecule has 0 amide bonds. The molecule has 2 N–H and O–H groups in total. The smallest absolute Gasteiger partial charge is 0.123 e. The molecule has 21 heavy (non-hydrogen) atoms. The zero-order chi connectivity index (χ0) is 15.5. The predicted octanol–water partition coefficient (Wildman–Crippen LogP) is 3.60. The molecule has 2 rings (SSSR count). The standard InChI is InChI=1S/C16H15Cl2FO2/c17-14-6-1-3-11(15(14)18)8-16(9-20,10-21)12-4-2-5-13(19)7-12/h1-7,20-21H,8-10H2. The van der Waals surface area contributed by atoms with Crippen molar-refractivity contribution in [3.63, 3.8) is 0 Å². The predicted molar refractivity (Wildman–Crippen MR) is 82.4 cm³/mol. The summed E-state index contributed by atoms with van der Waals surface area (Å²) >= 11 is 12.1. The van der Waals surface area contributed by atoms with E-state index in [1.807, 2.05) is 0 Å². The van der Waals surface area contributed by atoms with E-state index in [1.54, 1.807) is 30.3 Å². The number of halogens is 3. The van der Waals surface area contributed by atoms with E-state index in [9.17, 15) is 14.6 Å². The number of benzene rings is 2. The third kappa shape index (κ3) is 3.38. The molecule has 0 aliphatic carbocycles. The molecule has 0 spiro atoms. The fourth-order valence-electron chi connectivity index (χ4n) is 2.31. The lowest BCUT2D eigenvalue weighted by molar-refractivity contribution is 0.116. The molecule has 0 heterocycles. The quantitative estimate of drug-likeness (QED) is 0.880. The molecule has 0 fully saturated rings. The zero-order valence-electron chi connectivity index (χ0n) is 11.2. The third-order valence-electron chi connectivity index (χ3n) is 3.60. The van der Waals surface area contributed by atoms with Crippen LogP contribution in [0.1, 0.15) is 11.1 Å². The maximum Gasteiger partial charge on any atom is 0.123 e. The minimum Gasteiger partial charge on any atom is -0.395 e. The fraction of sp³-hybridized carbons (Fsp3) is 0.250. The average Bonchev–Trinajstić information content (AvgIpc) is 2.49. The number of hydrogen-bond donors (Lipinski definition) is 2. The molecule has 2 aromatic carbocycles. The number of hydrogen-bond acceptors (Lipinski definition) is 2. The highest BCUT2D eigenvalue weighted by molar-refractivity contribution is 6.42. The number of aliphatic hydroxyl groups is 2. The van der Waals surface area contributed by atoms with Crippen molar-refractivity contribution in [2.75, 3.05) is 13.2 Å². The minimum absolute atomic E-state index is 0.253. The lowest BCUT2D eigenvalue weighted by Crippen LogP contribution is -2.37. The van der Waals surface area contributed by atoms with Gasteiger partial charge in [-0.1, -0.05) is 47.5 Å². The second-order valence-corrected chi connectivity index (χ2v) is 5.78. The summed E-state index contributed by atoms with van der Waals surface area (Å²) in [6.45, 7) is -0.675. The normalized spacial score (nSPS) is 11.7. The van der Waals surface area contributed by atoms with Gasteiger partial charge in [0, 0.05) is 5.41 Å². The van der Waals surface area contributed by atoms with Crippen molar-refractivity contribution in [3.05, 3.63) is 69.5 Å². The van der Waals surface area contributed by atoms with Gasteiger partial charge >= 0.3 is 0 Å². The zero-order valence-corrected chi connectivity index (χ0v) is 12.7. The fourth-order valence-corrected chi connectivity index (χ4v) is 2.70. The Kier molecular flexibility index (Phi) is 5.22. The highest BCUT2D eigenvalue weighted by Crippen LogP contribution is 2.33. The van der Waals surface area contributed by atoms with Gasteiger partial charge in [-0.15, -0.1) is 0 Å². The largest absolute Gasteiger partial charge is 0.395 e. The van der Waals surface area contributed by atoms with E-state index in [2.05, 4.69) is 0 Å². The molecular formula is C16H15Cl2FO2. The summed E-state index contributed by atoms with van der Waals surface area (Å²) < 4.78 is 13.4. The molecule has 5 heteroatoms. The van der Waals surface area contributed by atoms with Crippen LogP contribution in [0.2, 0.25) is 10.0 Å². The van der Waals surface area contributed by atoms with Crippen LogP contribution in [0.4, 0.5) is 4.39 Å². The van der Waals surface area contributed by atoms with Crippen LogP contribution >= 0.6 is 23.2 Å². The molecular weight excluding hydrogens is 314 g/mol. The van der Waals surface area contributed by atoms with Gasteiger partial charge in [0.05, 0.1) is 23.3 Å². The van der Waals surface area contributed by atoms with E-state index in [0.29, 0.717) is 21.2 Å². The van der Waals surface area contributed by atoms with Gasteiger partial charge in [0.2, 0.25) is 0 Å². The molecule has 0 unspecified atom stereocenters. The first-order valence-electron chi connectivity index (χ1n) is 6.43. The summed E-state index contributed by atoms with van der Waals surface area (Å²) in [5.41, 5.74) is 0.191. The Morgan fingerprint density at radius 1 is 1.00 bits per heavy atom. The van der Waals surface area contributed by atoms with Gasteiger partial charge in [-0.25, -0.2) is 4.39 Å². The average molecular weight is 329 g/mol. The van der Waals surface area contributed by atoms with Crippen molar-refractivity contribution >= 4 is 23.2 Å². The Bertz CT molecular complexity index is 627. The van der Waals surface area contributed by atoms with E-state index >= 15 is 0 Å². The molecule has 0 radical (unpaired) electrons. The highest BCUT2D eigenvalue weighted by Gasteiger charge is 2.32. The van der Waals surface area contributed by atoms with Crippen molar-refractivity contribution in [2.45, 2.75) is 11.8 Å². The van der Waals surface area contributed by atoms with Gasteiger partial charge in [0.1, 0.15) is 5.82 Å². The van der Waals surface area contributed by atoms with Crippen LogP contribution in [0.25, 0.3) is 0 Å². The maximum absolute atomic E-state index is 13.4. The van der Waals surface area contributed by atoms with E-state index < -0.39 is 11.2 Å².